The summed E-state index contributed by atoms with van der Waals surface area (Å²) in [6.07, 6.45) is 0. The molecule has 0 spiro atoms. The van der Waals surface area contributed by atoms with Crippen LogP contribution in [0.1, 0.15) is 11.1 Å². The van der Waals surface area contributed by atoms with Gasteiger partial charge in [0.15, 0.2) is 0 Å². The van der Waals surface area contributed by atoms with E-state index in [-0.39, 0.29) is 16.5 Å². The fourth-order valence-corrected chi connectivity index (χ4v) is 2.20. The molecule has 0 heterocycles. The van der Waals surface area contributed by atoms with E-state index >= 15 is 0 Å². The van der Waals surface area contributed by atoms with Gasteiger partial charge in [0.1, 0.15) is 5.16 Å². The predicted molar refractivity (Wildman–Crippen MR) is 71.0 cm³/mol. The number of carboxylic acids is 1. The maximum absolute atomic E-state index is 11.6. The van der Waals surface area contributed by atoms with Crippen molar-refractivity contribution in [2.75, 3.05) is 0 Å². The van der Waals surface area contributed by atoms with Crippen LogP contribution in [-0.4, -0.2) is 11.1 Å². The summed E-state index contributed by atoms with van der Waals surface area (Å²) in [5, 5.41) is 8.44. The number of hydrogen-bond acceptors (Lipinski definition) is 1. The van der Waals surface area contributed by atoms with Crippen molar-refractivity contribution in [2.24, 2.45) is 0 Å². The fourth-order valence-electron chi connectivity index (χ4n) is 1.82. The smallest absolute Gasteiger partial charge is 0.480 e. The Kier molecular flexibility index (Phi) is 5.07. The van der Waals surface area contributed by atoms with Crippen LogP contribution in [0.25, 0.3) is 0 Å². The van der Waals surface area contributed by atoms with Crippen LogP contribution in [0.2, 0.25) is 0 Å². The summed E-state index contributed by atoms with van der Waals surface area (Å²) in [7, 11) is 2.46. The monoisotopic (exact) mass is 302 g/mol. The van der Waals surface area contributed by atoms with E-state index in [2.05, 4.69) is 9.24 Å². The maximum atomic E-state index is 11.6. The van der Waals surface area contributed by atoms with Gasteiger partial charge in [-0.05, 0) is 11.1 Å². The molecule has 0 aliphatic heterocycles. The summed E-state index contributed by atoms with van der Waals surface area (Å²) in [5.41, 5.74) is 1.51. The average Bonchev–Trinajstić information content (AvgIpc) is 2.39. The molecule has 18 heavy (non-hydrogen) atoms. The van der Waals surface area contributed by atoms with E-state index in [4.69, 9.17) is 0 Å². The van der Waals surface area contributed by atoms with Crippen LogP contribution in [-0.2, 0) is 26.4 Å². The third kappa shape index (κ3) is 2.63. The molecule has 0 saturated heterocycles. The fraction of sp³-hybridized carbons (Fsp3) is 0.0714. The van der Waals surface area contributed by atoms with Gasteiger partial charge in [-0.25, -0.2) is 0 Å². The SMILES string of the molecule is O=C(O)C(P)(c1ccccc1)c1ccccc1.[Ni+2]. The van der Waals surface area contributed by atoms with E-state index in [1.54, 1.807) is 0 Å². The Morgan fingerprint density at radius 3 is 1.50 bits per heavy atom. The molecule has 2 nitrogen and oxygen atoms in total. The van der Waals surface area contributed by atoms with Gasteiger partial charge < -0.3 is 5.11 Å². The normalized spacial score (nSPS) is 10.5. The number of carbonyl (C=O) groups is 1. The van der Waals surface area contributed by atoms with Crippen molar-refractivity contribution in [1.82, 2.24) is 0 Å². The Balaban J connectivity index is 0.00000162. The van der Waals surface area contributed by atoms with E-state index in [0.29, 0.717) is 0 Å². The molecule has 0 radical (unpaired) electrons. The Morgan fingerprint density at radius 1 is 0.889 bits per heavy atom. The molecular formula is C14H13NiO2P+2. The molecule has 0 bridgehead atoms. The quantitative estimate of drug-likeness (QED) is 0.699. The molecule has 0 aromatic heterocycles. The minimum absolute atomic E-state index is 0. The van der Waals surface area contributed by atoms with Crippen molar-refractivity contribution in [1.29, 1.82) is 0 Å². The van der Waals surface area contributed by atoms with Crippen LogP contribution < -0.4 is 0 Å². The molecular weight excluding hydrogens is 290 g/mol. The zero-order chi connectivity index (χ0) is 12.3. The van der Waals surface area contributed by atoms with E-state index in [9.17, 15) is 9.90 Å². The zero-order valence-electron chi connectivity index (χ0n) is 9.52. The Labute approximate surface area is 119 Å². The van der Waals surface area contributed by atoms with Crippen LogP contribution >= 0.6 is 9.24 Å². The largest absolute Gasteiger partial charge is 2.00 e. The van der Waals surface area contributed by atoms with Crippen LogP contribution in [0.15, 0.2) is 60.7 Å². The molecule has 4 heteroatoms. The summed E-state index contributed by atoms with van der Waals surface area (Å²) >= 11 is 0. The average molecular weight is 303 g/mol. The minimum Gasteiger partial charge on any atom is -0.480 e. The van der Waals surface area contributed by atoms with Crippen molar-refractivity contribution in [3.63, 3.8) is 0 Å². The molecule has 2 aromatic rings. The Bertz CT molecular complexity index is 474. The second-order valence-electron chi connectivity index (χ2n) is 3.85. The number of aliphatic carboxylic acids is 1. The topological polar surface area (TPSA) is 37.3 Å². The van der Waals surface area contributed by atoms with Gasteiger partial charge in [-0.1, -0.05) is 60.7 Å². The van der Waals surface area contributed by atoms with Crippen LogP contribution in [0, 0.1) is 0 Å². The van der Waals surface area contributed by atoms with Gasteiger partial charge in [0.25, 0.3) is 0 Å². The standard InChI is InChI=1S/C14H13O2P.Ni/c15-13(16)14(17,11-7-3-1-4-8-11)12-9-5-2-6-10-12;/h1-10H,17H2,(H,15,16);/q;+2. The van der Waals surface area contributed by atoms with Gasteiger partial charge in [-0.3, -0.25) is 4.79 Å². The van der Waals surface area contributed by atoms with Gasteiger partial charge in [0, 0.05) is 0 Å². The molecule has 1 N–H and O–H groups in total. The number of hydrogen-bond donors (Lipinski definition) is 1. The first-order chi connectivity index (χ1) is 8.15. The molecule has 0 aliphatic rings. The van der Waals surface area contributed by atoms with Crippen molar-refractivity contribution in [3.8, 4) is 0 Å². The number of rotatable bonds is 3. The number of benzene rings is 2. The molecule has 1 atom stereocenters. The van der Waals surface area contributed by atoms with Crippen molar-refractivity contribution in [3.05, 3.63) is 71.8 Å². The molecule has 0 aliphatic carbocycles. The molecule has 0 saturated carbocycles. The summed E-state index contributed by atoms with van der Waals surface area (Å²) in [5.74, 6) is -0.875. The van der Waals surface area contributed by atoms with Gasteiger partial charge in [0.2, 0.25) is 0 Å². The first kappa shape index (κ1) is 14.9. The molecule has 2 aromatic carbocycles. The zero-order valence-corrected chi connectivity index (χ0v) is 11.7. The first-order valence-corrected chi connectivity index (χ1v) is 5.87. The first-order valence-electron chi connectivity index (χ1n) is 5.29. The van der Waals surface area contributed by atoms with E-state index in [1.165, 1.54) is 0 Å². The summed E-state index contributed by atoms with van der Waals surface area (Å²) in [6.45, 7) is 0. The number of carboxylic acid groups (broad SMARTS) is 1. The van der Waals surface area contributed by atoms with E-state index in [0.717, 1.165) is 11.1 Å². The Hall–Kier alpha value is -1.17. The molecule has 2 rings (SSSR count). The molecule has 94 valence electrons. The van der Waals surface area contributed by atoms with Crippen molar-refractivity contribution < 1.29 is 26.4 Å². The van der Waals surface area contributed by atoms with Gasteiger partial charge in [-0.15, -0.1) is 9.24 Å². The molecule has 0 fully saturated rings. The third-order valence-corrected chi connectivity index (χ3v) is 3.71. The van der Waals surface area contributed by atoms with Crippen molar-refractivity contribution in [2.45, 2.75) is 5.16 Å². The van der Waals surface area contributed by atoms with Crippen molar-refractivity contribution >= 4 is 15.2 Å². The van der Waals surface area contributed by atoms with Crippen LogP contribution in [0.5, 0.6) is 0 Å². The second-order valence-corrected chi connectivity index (χ2v) is 4.71. The molecule has 0 amide bonds. The summed E-state index contributed by atoms with van der Waals surface area (Å²) in [6, 6.07) is 18.5. The van der Waals surface area contributed by atoms with E-state index in [1.807, 2.05) is 60.7 Å². The van der Waals surface area contributed by atoms with Gasteiger partial charge >= 0.3 is 22.5 Å². The third-order valence-electron chi connectivity index (χ3n) is 2.80. The molecule has 1 unspecified atom stereocenters. The second kappa shape index (κ2) is 6.13. The maximum Gasteiger partial charge on any atom is 2.00 e. The van der Waals surface area contributed by atoms with Crippen LogP contribution in [0.4, 0.5) is 0 Å². The van der Waals surface area contributed by atoms with Crippen LogP contribution in [0.3, 0.4) is 0 Å². The Morgan fingerprint density at radius 2 is 1.22 bits per heavy atom. The summed E-state index contributed by atoms with van der Waals surface area (Å²) < 4.78 is 0. The minimum atomic E-state index is -1.08. The summed E-state index contributed by atoms with van der Waals surface area (Å²) in [4.78, 5) is 11.6. The predicted octanol–water partition coefficient (Wildman–Crippen LogP) is 2.89. The van der Waals surface area contributed by atoms with E-state index < -0.39 is 11.1 Å². The van der Waals surface area contributed by atoms with Gasteiger partial charge in [0.05, 0.1) is 0 Å². The van der Waals surface area contributed by atoms with Gasteiger partial charge in [-0.2, -0.15) is 0 Å².